The summed E-state index contributed by atoms with van der Waals surface area (Å²) in [6.45, 7) is 10.6. The van der Waals surface area contributed by atoms with E-state index in [0.717, 1.165) is 24.1 Å². The second kappa shape index (κ2) is 5.05. The minimum atomic E-state index is 0.244. The SMILES string of the molecule is COc1ccccc1C(C)N1CC2CNCC2C1(C)C. The average molecular weight is 274 g/mol. The number of nitrogens with zero attached hydrogens (tertiary/aromatic N) is 1. The number of nitrogens with one attached hydrogen (secondary N) is 1. The molecule has 3 unspecified atom stereocenters. The summed E-state index contributed by atoms with van der Waals surface area (Å²) in [6, 6.07) is 8.82. The van der Waals surface area contributed by atoms with Crippen molar-refractivity contribution in [3.05, 3.63) is 29.8 Å². The highest BCUT2D eigenvalue weighted by molar-refractivity contribution is 5.36. The molecule has 2 aliphatic rings. The van der Waals surface area contributed by atoms with Gasteiger partial charge in [-0.25, -0.2) is 0 Å². The van der Waals surface area contributed by atoms with E-state index in [1.54, 1.807) is 7.11 Å². The second-order valence-electron chi connectivity index (χ2n) is 6.75. The Morgan fingerprint density at radius 3 is 2.75 bits per heavy atom. The minimum absolute atomic E-state index is 0.244. The number of hydrogen-bond donors (Lipinski definition) is 1. The van der Waals surface area contributed by atoms with Gasteiger partial charge in [0.25, 0.3) is 0 Å². The summed E-state index contributed by atoms with van der Waals surface area (Å²) in [7, 11) is 1.76. The molecule has 1 aromatic carbocycles. The van der Waals surface area contributed by atoms with Crippen LogP contribution in [0.5, 0.6) is 5.75 Å². The molecule has 0 saturated carbocycles. The van der Waals surface area contributed by atoms with Crippen LogP contribution in [0.4, 0.5) is 0 Å². The van der Waals surface area contributed by atoms with Gasteiger partial charge < -0.3 is 10.1 Å². The van der Waals surface area contributed by atoms with Gasteiger partial charge in [0.05, 0.1) is 7.11 Å². The van der Waals surface area contributed by atoms with E-state index in [-0.39, 0.29) is 5.54 Å². The summed E-state index contributed by atoms with van der Waals surface area (Å²) < 4.78 is 5.55. The Bertz CT molecular complexity index is 486. The summed E-state index contributed by atoms with van der Waals surface area (Å²) in [5, 5.41) is 3.55. The lowest BCUT2D eigenvalue weighted by atomic mass is 9.84. The highest BCUT2D eigenvalue weighted by Gasteiger charge is 2.51. The van der Waals surface area contributed by atoms with Gasteiger partial charge in [-0.1, -0.05) is 18.2 Å². The van der Waals surface area contributed by atoms with Crippen LogP contribution in [0.1, 0.15) is 32.4 Å². The van der Waals surface area contributed by atoms with E-state index < -0.39 is 0 Å². The summed E-state index contributed by atoms with van der Waals surface area (Å²) in [5.74, 6) is 2.56. The maximum absolute atomic E-state index is 5.55. The summed E-state index contributed by atoms with van der Waals surface area (Å²) in [6.07, 6.45) is 0. The molecule has 3 rings (SSSR count). The van der Waals surface area contributed by atoms with Crippen molar-refractivity contribution in [1.29, 1.82) is 0 Å². The third kappa shape index (κ3) is 2.04. The zero-order valence-corrected chi connectivity index (χ0v) is 13.0. The predicted octanol–water partition coefficient (Wildman–Crippen LogP) is 2.69. The Morgan fingerprint density at radius 2 is 2.05 bits per heavy atom. The van der Waals surface area contributed by atoms with Crippen LogP contribution in [0.3, 0.4) is 0 Å². The minimum Gasteiger partial charge on any atom is -0.496 e. The van der Waals surface area contributed by atoms with E-state index in [0.29, 0.717) is 6.04 Å². The molecule has 0 aliphatic carbocycles. The van der Waals surface area contributed by atoms with Gasteiger partial charge in [0.1, 0.15) is 5.75 Å². The molecule has 2 aliphatic heterocycles. The zero-order valence-electron chi connectivity index (χ0n) is 13.0. The molecule has 2 heterocycles. The van der Waals surface area contributed by atoms with Gasteiger partial charge in [-0.15, -0.1) is 0 Å². The first-order chi connectivity index (χ1) is 9.55. The van der Waals surface area contributed by atoms with Crippen LogP contribution in [-0.4, -0.2) is 37.2 Å². The van der Waals surface area contributed by atoms with Gasteiger partial charge >= 0.3 is 0 Å². The molecule has 3 nitrogen and oxygen atoms in total. The van der Waals surface area contributed by atoms with Gasteiger partial charge in [-0.05, 0) is 45.2 Å². The molecule has 0 aromatic heterocycles. The van der Waals surface area contributed by atoms with Gasteiger partial charge in [0, 0.05) is 30.2 Å². The molecule has 20 heavy (non-hydrogen) atoms. The van der Waals surface area contributed by atoms with Gasteiger partial charge in [0.15, 0.2) is 0 Å². The third-order valence-corrected chi connectivity index (χ3v) is 5.48. The zero-order chi connectivity index (χ0) is 14.3. The number of ether oxygens (including phenoxy) is 1. The first-order valence-corrected chi connectivity index (χ1v) is 7.66. The van der Waals surface area contributed by atoms with Crippen LogP contribution < -0.4 is 10.1 Å². The van der Waals surface area contributed by atoms with Crippen molar-refractivity contribution in [1.82, 2.24) is 10.2 Å². The Balaban J connectivity index is 1.89. The molecule has 0 spiro atoms. The van der Waals surface area contributed by atoms with Crippen molar-refractivity contribution in [3.63, 3.8) is 0 Å². The van der Waals surface area contributed by atoms with Gasteiger partial charge in [-0.2, -0.15) is 0 Å². The number of hydrogen-bond acceptors (Lipinski definition) is 3. The van der Waals surface area contributed by atoms with Crippen molar-refractivity contribution < 1.29 is 4.74 Å². The lowest BCUT2D eigenvalue weighted by Crippen LogP contribution is -2.45. The summed E-state index contributed by atoms with van der Waals surface area (Å²) in [4.78, 5) is 2.67. The van der Waals surface area contributed by atoms with E-state index in [2.05, 4.69) is 49.2 Å². The largest absolute Gasteiger partial charge is 0.496 e. The van der Waals surface area contributed by atoms with Crippen molar-refractivity contribution in [3.8, 4) is 5.75 Å². The fraction of sp³-hybridized carbons (Fsp3) is 0.647. The maximum Gasteiger partial charge on any atom is 0.123 e. The first-order valence-electron chi connectivity index (χ1n) is 7.66. The molecule has 0 radical (unpaired) electrons. The quantitative estimate of drug-likeness (QED) is 0.917. The van der Waals surface area contributed by atoms with E-state index >= 15 is 0 Å². The van der Waals surface area contributed by atoms with Crippen molar-refractivity contribution in [2.75, 3.05) is 26.7 Å². The third-order valence-electron chi connectivity index (χ3n) is 5.48. The molecule has 0 amide bonds. The molecule has 3 heteroatoms. The number of methoxy groups -OCH3 is 1. The Labute approximate surface area is 122 Å². The fourth-order valence-electron chi connectivity index (χ4n) is 4.29. The molecule has 0 bridgehead atoms. The summed E-state index contributed by atoms with van der Waals surface area (Å²) in [5.41, 5.74) is 1.55. The Hall–Kier alpha value is -1.06. The van der Waals surface area contributed by atoms with Crippen LogP contribution in [0.2, 0.25) is 0 Å². The Morgan fingerprint density at radius 1 is 1.30 bits per heavy atom. The highest BCUT2D eigenvalue weighted by Crippen LogP contribution is 2.45. The van der Waals surface area contributed by atoms with Crippen LogP contribution in [-0.2, 0) is 0 Å². The molecule has 110 valence electrons. The molecule has 1 N–H and O–H groups in total. The van der Waals surface area contributed by atoms with Crippen molar-refractivity contribution >= 4 is 0 Å². The lowest BCUT2D eigenvalue weighted by Gasteiger charge is -2.40. The van der Waals surface area contributed by atoms with Crippen LogP contribution in [0, 0.1) is 11.8 Å². The maximum atomic E-state index is 5.55. The average Bonchev–Trinajstić information content (AvgIpc) is 3.00. The molecule has 2 saturated heterocycles. The number of likely N-dealkylation sites (tertiary alicyclic amines) is 1. The molecule has 1 aromatic rings. The van der Waals surface area contributed by atoms with Crippen LogP contribution in [0.25, 0.3) is 0 Å². The van der Waals surface area contributed by atoms with Gasteiger partial charge in [0.2, 0.25) is 0 Å². The lowest BCUT2D eigenvalue weighted by molar-refractivity contribution is 0.0957. The predicted molar refractivity (Wildman–Crippen MR) is 82.0 cm³/mol. The number of para-hydroxylation sites is 1. The molecule has 2 fully saturated rings. The van der Waals surface area contributed by atoms with E-state index in [4.69, 9.17) is 4.74 Å². The van der Waals surface area contributed by atoms with Crippen molar-refractivity contribution in [2.45, 2.75) is 32.4 Å². The highest BCUT2D eigenvalue weighted by atomic mass is 16.5. The standard InChI is InChI=1S/C17H26N2O/c1-12(14-7-5-6-8-16(14)20-4)19-11-13-9-18-10-15(13)17(19,2)3/h5-8,12-13,15,18H,9-11H2,1-4H3. The van der Waals surface area contributed by atoms with Crippen molar-refractivity contribution in [2.24, 2.45) is 11.8 Å². The monoisotopic (exact) mass is 274 g/mol. The van der Waals surface area contributed by atoms with Gasteiger partial charge in [-0.3, -0.25) is 4.90 Å². The number of benzene rings is 1. The van der Waals surface area contributed by atoms with E-state index in [1.165, 1.54) is 18.7 Å². The summed E-state index contributed by atoms with van der Waals surface area (Å²) >= 11 is 0. The van der Waals surface area contributed by atoms with Crippen LogP contribution in [0.15, 0.2) is 24.3 Å². The fourth-order valence-corrected chi connectivity index (χ4v) is 4.29. The molecular weight excluding hydrogens is 248 g/mol. The Kier molecular flexibility index (Phi) is 3.51. The van der Waals surface area contributed by atoms with E-state index in [9.17, 15) is 0 Å². The molecular formula is C17H26N2O. The number of fused-ring (bicyclic) bond motifs is 1. The van der Waals surface area contributed by atoms with Crippen LogP contribution >= 0.6 is 0 Å². The van der Waals surface area contributed by atoms with E-state index in [1.807, 2.05) is 6.07 Å². The molecule has 3 atom stereocenters. The second-order valence-corrected chi connectivity index (χ2v) is 6.75. The number of rotatable bonds is 3. The normalized spacial score (nSPS) is 30.2. The first kappa shape index (κ1) is 13.9. The topological polar surface area (TPSA) is 24.5 Å². The smallest absolute Gasteiger partial charge is 0.123 e.